The van der Waals surface area contributed by atoms with Crippen LogP contribution in [0, 0.1) is 0 Å². The number of sulfonamides is 1. The summed E-state index contributed by atoms with van der Waals surface area (Å²) < 4.78 is 28.1. The fourth-order valence-corrected chi connectivity index (χ4v) is 3.89. The minimum absolute atomic E-state index is 0.126. The van der Waals surface area contributed by atoms with E-state index in [-0.39, 0.29) is 16.8 Å². The molecule has 2 heterocycles. The first-order chi connectivity index (χ1) is 9.36. The van der Waals surface area contributed by atoms with E-state index in [1.165, 1.54) is 28.2 Å². The molecule has 0 spiro atoms. The lowest BCUT2D eigenvalue weighted by molar-refractivity contribution is 0.0955. The molecule has 2 rings (SSSR count). The number of carbonyl (C=O) groups excluding carboxylic acids is 1. The average Bonchev–Trinajstić information content (AvgIpc) is 2.80. The second-order valence-corrected chi connectivity index (χ2v) is 6.91. The van der Waals surface area contributed by atoms with Gasteiger partial charge in [-0.25, -0.2) is 8.42 Å². The summed E-state index contributed by atoms with van der Waals surface area (Å²) in [5.41, 5.74) is 0.328. The number of aromatic nitrogens is 1. The Labute approximate surface area is 119 Å². The largest absolute Gasteiger partial charge is 0.354 e. The van der Waals surface area contributed by atoms with Crippen molar-refractivity contribution in [3.8, 4) is 0 Å². The molecule has 1 fully saturated rings. The van der Waals surface area contributed by atoms with E-state index in [1.807, 2.05) is 6.92 Å². The van der Waals surface area contributed by atoms with Crippen molar-refractivity contribution < 1.29 is 13.2 Å². The number of amides is 1. The van der Waals surface area contributed by atoms with Crippen molar-refractivity contribution in [2.75, 3.05) is 26.7 Å². The summed E-state index contributed by atoms with van der Waals surface area (Å²) >= 11 is 0. The molecule has 1 saturated heterocycles. The Balaban J connectivity index is 2.32. The van der Waals surface area contributed by atoms with Gasteiger partial charge in [-0.05, 0) is 13.0 Å². The van der Waals surface area contributed by atoms with Crippen LogP contribution in [-0.4, -0.2) is 55.9 Å². The monoisotopic (exact) mass is 300 g/mol. The van der Waals surface area contributed by atoms with Crippen LogP contribution in [0.2, 0.25) is 0 Å². The van der Waals surface area contributed by atoms with Gasteiger partial charge in [0.1, 0.15) is 10.6 Å². The summed E-state index contributed by atoms with van der Waals surface area (Å²) in [5, 5.41) is 5.70. The van der Waals surface area contributed by atoms with Crippen LogP contribution in [-0.2, 0) is 17.1 Å². The molecule has 0 bridgehead atoms. The van der Waals surface area contributed by atoms with Crippen LogP contribution in [0.4, 0.5) is 0 Å². The SMILES string of the molecule is CNC(=O)c1cc(S(=O)(=O)N2CCN[C@@H](C)C2)cn1C. The molecule has 20 heavy (non-hydrogen) atoms. The van der Waals surface area contributed by atoms with Crippen LogP contribution in [0.15, 0.2) is 17.2 Å². The van der Waals surface area contributed by atoms with Crippen molar-refractivity contribution in [1.82, 2.24) is 19.5 Å². The molecule has 0 saturated carbocycles. The quantitative estimate of drug-likeness (QED) is 0.778. The van der Waals surface area contributed by atoms with Crippen molar-refractivity contribution in [2.24, 2.45) is 7.05 Å². The molecular weight excluding hydrogens is 280 g/mol. The molecule has 1 aliphatic heterocycles. The van der Waals surface area contributed by atoms with Gasteiger partial charge in [-0.15, -0.1) is 0 Å². The third-order valence-electron chi connectivity index (χ3n) is 3.41. The second kappa shape index (κ2) is 5.55. The minimum atomic E-state index is -3.55. The maximum Gasteiger partial charge on any atom is 0.267 e. The van der Waals surface area contributed by atoms with E-state index in [4.69, 9.17) is 0 Å². The molecule has 1 amide bonds. The number of nitrogens with zero attached hydrogens (tertiary/aromatic N) is 2. The normalized spacial score (nSPS) is 20.9. The predicted octanol–water partition coefficient (Wildman–Crippen LogP) is -0.633. The molecule has 0 unspecified atom stereocenters. The first-order valence-electron chi connectivity index (χ1n) is 6.48. The van der Waals surface area contributed by atoms with Crippen LogP contribution < -0.4 is 10.6 Å². The summed E-state index contributed by atoms with van der Waals surface area (Å²) in [6.07, 6.45) is 1.48. The van der Waals surface area contributed by atoms with Crippen molar-refractivity contribution >= 4 is 15.9 Å². The van der Waals surface area contributed by atoms with Crippen LogP contribution in [0.3, 0.4) is 0 Å². The van der Waals surface area contributed by atoms with E-state index >= 15 is 0 Å². The van der Waals surface area contributed by atoms with Gasteiger partial charge in [-0.3, -0.25) is 4.79 Å². The third kappa shape index (κ3) is 2.72. The second-order valence-electron chi connectivity index (χ2n) is 4.97. The van der Waals surface area contributed by atoms with Crippen molar-refractivity contribution in [3.63, 3.8) is 0 Å². The molecule has 0 aromatic carbocycles. The molecule has 0 aliphatic carbocycles. The van der Waals surface area contributed by atoms with Crippen molar-refractivity contribution in [2.45, 2.75) is 17.9 Å². The van der Waals surface area contributed by atoms with Gasteiger partial charge in [0.15, 0.2) is 0 Å². The Bertz CT molecular complexity index is 608. The van der Waals surface area contributed by atoms with Crippen molar-refractivity contribution in [3.05, 3.63) is 18.0 Å². The van der Waals surface area contributed by atoms with Gasteiger partial charge in [0, 0.05) is 46.0 Å². The molecule has 0 radical (unpaired) electrons. The zero-order valence-corrected chi connectivity index (χ0v) is 12.7. The van der Waals surface area contributed by atoms with E-state index in [0.29, 0.717) is 25.3 Å². The number of hydrogen-bond acceptors (Lipinski definition) is 4. The molecule has 1 aliphatic rings. The van der Waals surface area contributed by atoms with Gasteiger partial charge in [0.25, 0.3) is 5.91 Å². The van der Waals surface area contributed by atoms with Crippen LogP contribution in [0.1, 0.15) is 17.4 Å². The third-order valence-corrected chi connectivity index (χ3v) is 5.24. The summed E-state index contributed by atoms with van der Waals surface area (Å²) in [6, 6.07) is 1.54. The van der Waals surface area contributed by atoms with E-state index in [1.54, 1.807) is 7.05 Å². The fourth-order valence-electron chi connectivity index (χ4n) is 2.29. The van der Waals surface area contributed by atoms with Gasteiger partial charge in [0.2, 0.25) is 10.0 Å². The molecule has 8 heteroatoms. The molecular formula is C12H20N4O3S. The Morgan fingerprint density at radius 1 is 1.50 bits per heavy atom. The van der Waals surface area contributed by atoms with E-state index < -0.39 is 10.0 Å². The highest BCUT2D eigenvalue weighted by Gasteiger charge is 2.30. The molecule has 1 aromatic rings. The Hall–Kier alpha value is -1.38. The lowest BCUT2D eigenvalue weighted by Crippen LogP contribution is -2.51. The first-order valence-corrected chi connectivity index (χ1v) is 7.92. The summed E-state index contributed by atoms with van der Waals surface area (Å²) in [4.78, 5) is 11.8. The highest BCUT2D eigenvalue weighted by molar-refractivity contribution is 7.89. The van der Waals surface area contributed by atoms with E-state index in [2.05, 4.69) is 10.6 Å². The smallest absolute Gasteiger partial charge is 0.267 e. The maximum atomic E-state index is 12.6. The van der Waals surface area contributed by atoms with E-state index in [0.717, 1.165) is 0 Å². The summed E-state index contributed by atoms with van der Waals surface area (Å²) in [5.74, 6) is -0.303. The number of hydrogen-bond donors (Lipinski definition) is 2. The lowest BCUT2D eigenvalue weighted by Gasteiger charge is -2.30. The van der Waals surface area contributed by atoms with Gasteiger partial charge in [-0.2, -0.15) is 4.31 Å². The molecule has 112 valence electrons. The van der Waals surface area contributed by atoms with Crippen LogP contribution >= 0.6 is 0 Å². The van der Waals surface area contributed by atoms with Crippen LogP contribution in [0.5, 0.6) is 0 Å². The molecule has 1 atom stereocenters. The topological polar surface area (TPSA) is 83.4 Å². The van der Waals surface area contributed by atoms with Gasteiger partial charge in [-0.1, -0.05) is 0 Å². The zero-order valence-electron chi connectivity index (χ0n) is 11.9. The number of rotatable bonds is 3. The summed E-state index contributed by atoms with van der Waals surface area (Å²) in [7, 11) is -0.374. The maximum absolute atomic E-state index is 12.6. The van der Waals surface area contributed by atoms with Crippen molar-refractivity contribution in [1.29, 1.82) is 0 Å². The highest BCUT2D eigenvalue weighted by Crippen LogP contribution is 2.19. The standard InChI is InChI=1S/C12H20N4O3S/c1-9-7-16(5-4-14-9)20(18,19)10-6-11(12(17)13-2)15(3)8-10/h6,8-9,14H,4-5,7H2,1-3H3,(H,13,17)/t9-/m0/s1. The lowest BCUT2D eigenvalue weighted by atomic mass is 10.3. The zero-order chi connectivity index (χ0) is 14.9. The van der Waals surface area contributed by atoms with Gasteiger partial charge < -0.3 is 15.2 Å². The fraction of sp³-hybridized carbons (Fsp3) is 0.583. The minimum Gasteiger partial charge on any atom is -0.354 e. The number of piperazine rings is 1. The summed E-state index contributed by atoms with van der Waals surface area (Å²) in [6.45, 7) is 3.46. The first kappa shape index (κ1) is 15.0. The average molecular weight is 300 g/mol. The van der Waals surface area contributed by atoms with Crippen LogP contribution in [0.25, 0.3) is 0 Å². The number of nitrogens with one attached hydrogen (secondary N) is 2. The number of carbonyl (C=O) groups is 1. The Morgan fingerprint density at radius 2 is 2.20 bits per heavy atom. The van der Waals surface area contributed by atoms with Gasteiger partial charge >= 0.3 is 0 Å². The van der Waals surface area contributed by atoms with E-state index in [9.17, 15) is 13.2 Å². The number of aryl methyl sites for hydroxylation is 1. The predicted molar refractivity (Wildman–Crippen MR) is 75.0 cm³/mol. The Morgan fingerprint density at radius 3 is 2.80 bits per heavy atom. The van der Waals surface area contributed by atoms with Gasteiger partial charge in [0.05, 0.1) is 0 Å². The molecule has 1 aromatic heterocycles. The Kier molecular flexibility index (Phi) is 4.17. The highest BCUT2D eigenvalue weighted by atomic mass is 32.2. The molecule has 2 N–H and O–H groups in total. The molecule has 7 nitrogen and oxygen atoms in total.